The summed E-state index contributed by atoms with van der Waals surface area (Å²) >= 11 is 0. The highest BCUT2D eigenvalue weighted by atomic mass is 16.5. The highest BCUT2D eigenvalue weighted by Crippen LogP contribution is 2.16. The number of carbonyl (C=O) groups excluding carboxylic acids is 2. The molecule has 0 radical (unpaired) electrons. The summed E-state index contributed by atoms with van der Waals surface area (Å²) < 4.78 is 10.3. The van der Waals surface area contributed by atoms with Gasteiger partial charge in [0.05, 0.1) is 14.2 Å². The SMILES string of the molecule is COc1cccc(C(=O)NCCC(=O)NCc2ccccc2OC)c1. The molecule has 2 amide bonds. The number of benzene rings is 2. The van der Waals surface area contributed by atoms with Crippen molar-refractivity contribution < 1.29 is 19.1 Å². The van der Waals surface area contributed by atoms with Crippen LogP contribution in [0.4, 0.5) is 0 Å². The van der Waals surface area contributed by atoms with Crippen LogP contribution in [0.5, 0.6) is 11.5 Å². The Morgan fingerprint density at radius 1 is 0.960 bits per heavy atom. The maximum atomic E-state index is 12.0. The molecule has 0 saturated carbocycles. The van der Waals surface area contributed by atoms with Gasteiger partial charge in [0.2, 0.25) is 5.91 Å². The Morgan fingerprint density at radius 2 is 1.76 bits per heavy atom. The number of methoxy groups -OCH3 is 2. The summed E-state index contributed by atoms with van der Waals surface area (Å²) in [6, 6.07) is 14.3. The van der Waals surface area contributed by atoms with E-state index in [4.69, 9.17) is 9.47 Å². The first-order valence-corrected chi connectivity index (χ1v) is 7.95. The Hall–Kier alpha value is -3.02. The first kappa shape index (κ1) is 18.3. The summed E-state index contributed by atoms with van der Waals surface area (Å²) in [5.74, 6) is 0.963. The molecular formula is C19H22N2O4. The molecule has 0 aliphatic heterocycles. The number of ether oxygens (including phenoxy) is 2. The average molecular weight is 342 g/mol. The van der Waals surface area contributed by atoms with Crippen molar-refractivity contribution in [1.29, 1.82) is 0 Å². The molecule has 0 heterocycles. The van der Waals surface area contributed by atoms with Crippen molar-refractivity contribution in [2.45, 2.75) is 13.0 Å². The van der Waals surface area contributed by atoms with E-state index < -0.39 is 0 Å². The van der Waals surface area contributed by atoms with Crippen molar-refractivity contribution in [3.05, 3.63) is 59.7 Å². The van der Waals surface area contributed by atoms with Crippen molar-refractivity contribution in [1.82, 2.24) is 10.6 Å². The van der Waals surface area contributed by atoms with Gasteiger partial charge in [0, 0.05) is 30.6 Å². The van der Waals surface area contributed by atoms with E-state index in [1.807, 2.05) is 24.3 Å². The van der Waals surface area contributed by atoms with E-state index in [1.165, 1.54) is 0 Å². The first-order chi connectivity index (χ1) is 12.1. The van der Waals surface area contributed by atoms with Crippen molar-refractivity contribution in [2.24, 2.45) is 0 Å². The summed E-state index contributed by atoms with van der Waals surface area (Å²) in [6.07, 6.45) is 0.199. The van der Waals surface area contributed by atoms with E-state index in [2.05, 4.69) is 10.6 Å². The third kappa shape index (κ3) is 5.53. The molecule has 0 unspecified atom stereocenters. The van der Waals surface area contributed by atoms with Gasteiger partial charge in [0.15, 0.2) is 0 Å². The fraction of sp³-hybridized carbons (Fsp3) is 0.263. The van der Waals surface area contributed by atoms with E-state index in [0.29, 0.717) is 17.9 Å². The van der Waals surface area contributed by atoms with Gasteiger partial charge in [-0.15, -0.1) is 0 Å². The van der Waals surface area contributed by atoms with Crippen LogP contribution in [0.3, 0.4) is 0 Å². The van der Waals surface area contributed by atoms with Gasteiger partial charge >= 0.3 is 0 Å². The third-order valence-corrected chi connectivity index (χ3v) is 3.64. The molecule has 6 heteroatoms. The molecular weight excluding hydrogens is 320 g/mol. The molecule has 0 spiro atoms. The van der Waals surface area contributed by atoms with Gasteiger partial charge in [-0.2, -0.15) is 0 Å². The van der Waals surface area contributed by atoms with Gasteiger partial charge in [-0.05, 0) is 24.3 Å². The minimum atomic E-state index is -0.239. The third-order valence-electron chi connectivity index (χ3n) is 3.64. The van der Waals surface area contributed by atoms with Crippen LogP contribution in [0.25, 0.3) is 0 Å². The molecule has 6 nitrogen and oxygen atoms in total. The smallest absolute Gasteiger partial charge is 0.251 e. The molecule has 2 aromatic carbocycles. The van der Waals surface area contributed by atoms with Crippen LogP contribution in [-0.4, -0.2) is 32.6 Å². The van der Waals surface area contributed by atoms with Crippen molar-refractivity contribution in [3.8, 4) is 11.5 Å². The van der Waals surface area contributed by atoms with Gasteiger partial charge in [0.1, 0.15) is 11.5 Å². The zero-order valence-electron chi connectivity index (χ0n) is 14.4. The number of hydrogen-bond donors (Lipinski definition) is 2. The van der Waals surface area contributed by atoms with Crippen LogP contribution in [-0.2, 0) is 11.3 Å². The zero-order chi connectivity index (χ0) is 18.1. The van der Waals surface area contributed by atoms with Crippen molar-refractivity contribution in [3.63, 3.8) is 0 Å². The van der Waals surface area contributed by atoms with Crippen LogP contribution in [0.2, 0.25) is 0 Å². The molecule has 0 atom stereocenters. The van der Waals surface area contributed by atoms with Crippen molar-refractivity contribution in [2.75, 3.05) is 20.8 Å². The largest absolute Gasteiger partial charge is 0.497 e. The predicted octanol–water partition coefficient (Wildman–Crippen LogP) is 2.14. The van der Waals surface area contributed by atoms with Crippen LogP contribution in [0, 0.1) is 0 Å². The molecule has 0 aliphatic rings. The number of amides is 2. The molecule has 2 rings (SSSR count). The van der Waals surface area contributed by atoms with E-state index in [1.54, 1.807) is 38.5 Å². The summed E-state index contributed by atoms with van der Waals surface area (Å²) in [4.78, 5) is 24.0. The normalized spacial score (nSPS) is 10.0. The summed E-state index contributed by atoms with van der Waals surface area (Å²) in [7, 11) is 3.14. The molecule has 25 heavy (non-hydrogen) atoms. The first-order valence-electron chi connectivity index (χ1n) is 7.95. The zero-order valence-corrected chi connectivity index (χ0v) is 14.4. The molecule has 0 aliphatic carbocycles. The van der Waals surface area contributed by atoms with E-state index in [0.717, 1.165) is 11.3 Å². The second-order valence-corrected chi connectivity index (χ2v) is 5.33. The van der Waals surface area contributed by atoms with E-state index in [9.17, 15) is 9.59 Å². The Bertz CT molecular complexity index is 731. The summed E-state index contributed by atoms with van der Waals surface area (Å²) in [6.45, 7) is 0.639. The number of hydrogen-bond acceptors (Lipinski definition) is 4. The second kappa shape index (κ2) is 9.32. The lowest BCUT2D eigenvalue weighted by atomic mass is 10.2. The lowest BCUT2D eigenvalue weighted by Gasteiger charge is -2.10. The molecule has 0 bridgehead atoms. The van der Waals surface area contributed by atoms with Gasteiger partial charge in [0.25, 0.3) is 5.91 Å². The van der Waals surface area contributed by atoms with Crippen molar-refractivity contribution >= 4 is 11.8 Å². The molecule has 2 N–H and O–H groups in total. The Morgan fingerprint density at radius 3 is 2.52 bits per heavy atom. The van der Waals surface area contributed by atoms with Gasteiger partial charge in [-0.25, -0.2) is 0 Å². The second-order valence-electron chi connectivity index (χ2n) is 5.33. The minimum absolute atomic E-state index is 0.142. The van der Waals surface area contributed by atoms with Gasteiger partial charge in [-0.3, -0.25) is 9.59 Å². The Labute approximate surface area is 147 Å². The molecule has 2 aromatic rings. The average Bonchev–Trinajstić information content (AvgIpc) is 2.66. The van der Waals surface area contributed by atoms with Crippen LogP contribution in [0.15, 0.2) is 48.5 Å². The molecule has 0 aromatic heterocycles. The standard InChI is InChI=1S/C19H22N2O4/c1-24-16-8-5-7-14(12-16)19(23)20-11-10-18(22)21-13-15-6-3-4-9-17(15)25-2/h3-9,12H,10-11,13H2,1-2H3,(H,20,23)(H,21,22). The summed E-state index contributed by atoms with van der Waals surface area (Å²) in [5.41, 5.74) is 1.40. The quantitative estimate of drug-likeness (QED) is 0.771. The minimum Gasteiger partial charge on any atom is -0.497 e. The summed E-state index contributed by atoms with van der Waals surface area (Å²) in [5, 5.41) is 5.54. The number of nitrogens with one attached hydrogen (secondary N) is 2. The molecule has 0 fully saturated rings. The predicted molar refractivity (Wildman–Crippen MR) is 94.8 cm³/mol. The lowest BCUT2D eigenvalue weighted by molar-refractivity contribution is -0.121. The van der Waals surface area contributed by atoms with Gasteiger partial charge in [-0.1, -0.05) is 24.3 Å². The van der Waals surface area contributed by atoms with E-state index in [-0.39, 0.29) is 24.8 Å². The Kier molecular flexibility index (Phi) is 6.83. The fourth-order valence-corrected chi connectivity index (χ4v) is 2.29. The fourth-order valence-electron chi connectivity index (χ4n) is 2.29. The Balaban J connectivity index is 1.75. The highest BCUT2D eigenvalue weighted by Gasteiger charge is 2.08. The molecule has 0 saturated heterocycles. The van der Waals surface area contributed by atoms with E-state index >= 15 is 0 Å². The maximum Gasteiger partial charge on any atom is 0.251 e. The van der Waals surface area contributed by atoms with Crippen LogP contribution < -0.4 is 20.1 Å². The van der Waals surface area contributed by atoms with Crippen LogP contribution in [0.1, 0.15) is 22.3 Å². The topological polar surface area (TPSA) is 76.7 Å². The van der Waals surface area contributed by atoms with Crippen LogP contribution >= 0.6 is 0 Å². The van der Waals surface area contributed by atoms with Gasteiger partial charge < -0.3 is 20.1 Å². The number of rotatable bonds is 8. The maximum absolute atomic E-state index is 12.0. The lowest BCUT2D eigenvalue weighted by Crippen LogP contribution is -2.30. The monoisotopic (exact) mass is 342 g/mol. The highest BCUT2D eigenvalue weighted by molar-refractivity contribution is 5.94. The number of para-hydroxylation sites is 1. The number of carbonyl (C=O) groups is 2. The molecule has 132 valence electrons.